The first-order valence-electron chi connectivity index (χ1n) is 9.15. The summed E-state index contributed by atoms with van der Waals surface area (Å²) in [6.07, 6.45) is 1.57. The van der Waals surface area contributed by atoms with Gasteiger partial charge in [-0.2, -0.15) is 4.98 Å². The molecule has 9 heteroatoms. The summed E-state index contributed by atoms with van der Waals surface area (Å²) in [6.45, 7) is 3.55. The molecule has 1 amide bonds. The van der Waals surface area contributed by atoms with E-state index in [-0.39, 0.29) is 18.7 Å². The van der Waals surface area contributed by atoms with Crippen molar-refractivity contribution in [3.05, 3.63) is 58.8 Å². The monoisotopic (exact) mass is 433 g/mol. The molecule has 7 nitrogen and oxygen atoms in total. The first-order valence-corrected chi connectivity index (χ1v) is 12.0. The van der Waals surface area contributed by atoms with Crippen molar-refractivity contribution in [3.63, 3.8) is 0 Å². The number of nitrogens with zero attached hydrogens (tertiary/aromatic N) is 2. The highest BCUT2D eigenvalue weighted by Gasteiger charge is 2.29. The van der Waals surface area contributed by atoms with Gasteiger partial charge in [0, 0.05) is 19.1 Å². The lowest BCUT2D eigenvalue weighted by Gasteiger charge is -2.24. The zero-order chi connectivity index (χ0) is 21.0. The van der Waals surface area contributed by atoms with Gasteiger partial charge in [0.2, 0.25) is 17.6 Å². The Morgan fingerprint density at radius 2 is 1.97 bits per heavy atom. The molecule has 0 fully saturated rings. The molecule has 154 valence electrons. The maximum absolute atomic E-state index is 12.5. The van der Waals surface area contributed by atoms with E-state index in [2.05, 4.69) is 15.5 Å². The Labute approximate surface area is 174 Å². The van der Waals surface area contributed by atoms with Crippen LogP contribution in [0.5, 0.6) is 0 Å². The van der Waals surface area contributed by atoms with Gasteiger partial charge in [0.25, 0.3) is 0 Å². The third-order valence-electron chi connectivity index (χ3n) is 4.67. The van der Waals surface area contributed by atoms with Crippen LogP contribution in [0.25, 0.3) is 10.7 Å². The highest BCUT2D eigenvalue weighted by atomic mass is 32.2. The molecular formula is C20H23N3O4S2. The molecule has 0 bridgehead atoms. The molecule has 0 unspecified atom stereocenters. The van der Waals surface area contributed by atoms with E-state index in [1.165, 1.54) is 17.6 Å². The SMILES string of the molecule is Cc1ccc([C@@H](NC(=O)CCc2nc(-c3cccs3)no2)[C@H](C)S(C)(=O)=O)cc1. The summed E-state index contributed by atoms with van der Waals surface area (Å²) in [5.74, 6) is 0.590. The van der Waals surface area contributed by atoms with Gasteiger partial charge in [-0.05, 0) is 30.9 Å². The summed E-state index contributed by atoms with van der Waals surface area (Å²) >= 11 is 1.51. The first-order chi connectivity index (χ1) is 13.7. The van der Waals surface area contributed by atoms with Crippen LogP contribution < -0.4 is 5.32 Å². The number of nitrogens with one attached hydrogen (secondary N) is 1. The Morgan fingerprint density at radius 3 is 2.59 bits per heavy atom. The number of carbonyl (C=O) groups is 1. The van der Waals surface area contributed by atoms with Gasteiger partial charge < -0.3 is 9.84 Å². The summed E-state index contributed by atoms with van der Waals surface area (Å²) in [5, 5.41) is 7.95. The first kappa shape index (κ1) is 21.2. The second-order valence-corrected chi connectivity index (χ2v) is 10.3. The normalized spacial score (nSPS) is 13.8. The predicted octanol–water partition coefficient (Wildman–Crippen LogP) is 3.33. The standard InChI is InChI=1S/C20H23N3O4S2/c1-13-6-8-15(9-7-13)19(14(2)29(3,25)26)21-17(24)10-11-18-22-20(23-27-18)16-5-4-12-28-16/h4-9,12,14,19H,10-11H2,1-3H3,(H,21,24)/t14-,19-/m0/s1. The summed E-state index contributed by atoms with van der Waals surface area (Å²) < 4.78 is 29.4. The van der Waals surface area contributed by atoms with Crippen molar-refractivity contribution in [1.29, 1.82) is 0 Å². The predicted molar refractivity (Wildman–Crippen MR) is 112 cm³/mol. The Bertz CT molecular complexity index is 1060. The zero-order valence-electron chi connectivity index (χ0n) is 16.5. The van der Waals surface area contributed by atoms with Crippen molar-refractivity contribution in [1.82, 2.24) is 15.5 Å². The lowest BCUT2D eigenvalue weighted by atomic mass is 10.0. The summed E-state index contributed by atoms with van der Waals surface area (Å²) in [5.41, 5.74) is 1.81. The van der Waals surface area contributed by atoms with Gasteiger partial charge in [0.05, 0.1) is 16.2 Å². The zero-order valence-corrected chi connectivity index (χ0v) is 18.1. The number of hydrogen-bond acceptors (Lipinski definition) is 7. The highest BCUT2D eigenvalue weighted by Crippen LogP contribution is 2.23. The maximum atomic E-state index is 12.5. The second-order valence-electron chi connectivity index (χ2n) is 6.98. The van der Waals surface area contributed by atoms with E-state index in [0.29, 0.717) is 11.7 Å². The average molecular weight is 434 g/mol. The van der Waals surface area contributed by atoms with E-state index in [9.17, 15) is 13.2 Å². The number of rotatable bonds is 8. The molecule has 3 aromatic rings. The van der Waals surface area contributed by atoms with Crippen LogP contribution in [-0.2, 0) is 21.1 Å². The molecule has 29 heavy (non-hydrogen) atoms. The fraction of sp³-hybridized carbons (Fsp3) is 0.350. The Hall–Kier alpha value is -2.52. The number of benzene rings is 1. The van der Waals surface area contributed by atoms with Crippen molar-refractivity contribution in [3.8, 4) is 10.7 Å². The van der Waals surface area contributed by atoms with Crippen LogP contribution in [0.2, 0.25) is 0 Å². The van der Waals surface area contributed by atoms with E-state index in [0.717, 1.165) is 16.0 Å². The minimum Gasteiger partial charge on any atom is -0.348 e. The molecule has 3 rings (SSSR count). The molecule has 2 heterocycles. The van der Waals surface area contributed by atoms with Gasteiger partial charge in [-0.15, -0.1) is 11.3 Å². The third-order valence-corrected chi connectivity index (χ3v) is 7.16. The quantitative estimate of drug-likeness (QED) is 0.585. The van der Waals surface area contributed by atoms with E-state index in [1.54, 1.807) is 6.92 Å². The van der Waals surface area contributed by atoms with Gasteiger partial charge in [-0.3, -0.25) is 4.79 Å². The van der Waals surface area contributed by atoms with E-state index in [1.807, 2.05) is 48.7 Å². The van der Waals surface area contributed by atoms with Crippen LogP contribution in [0.4, 0.5) is 0 Å². The number of thiophene rings is 1. The minimum atomic E-state index is -3.35. The molecular weight excluding hydrogens is 410 g/mol. The van der Waals surface area contributed by atoms with Gasteiger partial charge in [0.1, 0.15) is 0 Å². The molecule has 0 aliphatic rings. The minimum absolute atomic E-state index is 0.116. The van der Waals surface area contributed by atoms with Crippen LogP contribution in [-0.4, -0.2) is 36.0 Å². The maximum Gasteiger partial charge on any atom is 0.227 e. The summed E-state index contributed by atoms with van der Waals surface area (Å²) in [7, 11) is -3.35. The van der Waals surface area contributed by atoms with Crippen LogP contribution in [0.3, 0.4) is 0 Å². The molecule has 0 spiro atoms. The Morgan fingerprint density at radius 1 is 1.24 bits per heavy atom. The molecule has 2 aromatic heterocycles. The molecule has 0 aliphatic carbocycles. The molecule has 1 N–H and O–H groups in total. The van der Waals surface area contributed by atoms with Crippen molar-refractivity contribution in [2.45, 2.75) is 38.0 Å². The average Bonchev–Trinajstić information content (AvgIpc) is 3.35. The van der Waals surface area contributed by atoms with E-state index >= 15 is 0 Å². The molecule has 0 saturated carbocycles. The van der Waals surface area contributed by atoms with Crippen molar-refractivity contribution < 1.29 is 17.7 Å². The van der Waals surface area contributed by atoms with Crippen LogP contribution in [0.15, 0.2) is 46.3 Å². The fourth-order valence-electron chi connectivity index (χ4n) is 2.82. The van der Waals surface area contributed by atoms with Gasteiger partial charge >= 0.3 is 0 Å². The highest BCUT2D eigenvalue weighted by molar-refractivity contribution is 7.91. The van der Waals surface area contributed by atoms with Crippen molar-refractivity contribution >= 4 is 27.1 Å². The van der Waals surface area contributed by atoms with E-state index < -0.39 is 21.1 Å². The van der Waals surface area contributed by atoms with Crippen LogP contribution in [0, 0.1) is 6.92 Å². The fourth-order valence-corrected chi connectivity index (χ4v) is 4.19. The van der Waals surface area contributed by atoms with E-state index in [4.69, 9.17) is 4.52 Å². The molecule has 2 atom stereocenters. The number of hydrogen-bond donors (Lipinski definition) is 1. The summed E-state index contributed by atoms with van der Waals surface area (Å²) in [4.78, 5) is 17.7. The number of aryl methyl sites for hydroxylation is 2. The van der Waals surface area contributed by atoms with Crippen molar-refractivity contribution in [2.24, 2.45) is 0 Å². The van der Waals surface area contributed by atoms with Gasteiger partial charge in [0.15, 0.2) is 9.84 Å². The molecule has 0 saturated heterocycles. The number of amides is 1. The topological polar surface area (TPSA) is 102 Å². The summed E-state index contributed by atoms with van der Waals surface area (Å²) in [6, 6.07) is 10.6. The molecule has 0 aliphatic heterocycles. The third kappa shape index (κ3) is 5.51. The number of sulfone groups is 1. The Balaban J connectivity index is 1.67. The smallest absolute Gasteiger partial charge is 0.227 e. The number of aromatic nitrogens is 2. The lowest BCUT2D eigenvalue weighted by Crippen LogP contribution is -2.38. The number of carbonyl (C=O) groups excluding carboxylic acids is 1. The largest absolute Gasteiger partial charge is 0.348 e. The molecule has 1 aromatic carbocycles. The second kappa shape index (κ2) is 8.87. The lowest BCUT2D eigenvalue weighted by molar-refractivity contribution is -0.121. The van der Waals surface area contributed by atoms with Crippen molar-refractivity contribution in [2.75, 3.05) is 6.26 Å². The Kier molecular flexibility index (Phi) is 6.49. The van der Waals surface area contributed by atoms with Crippen LogP contribution >= 0.6 is 11.3 Å². The van der Waals surface area contributed by atoms with Crippen LogP contribution in [0.1, 0.15) is 36.4 Å². The van der Waals surface area contributed by atoms with Gasteiger partial charge in [-0.25, -0.2) is 8.42 Å². The van der Waals surface area contributed by atoms with Gasteiger partial charge in [-0.1, -0.05) is 41.1 Å². The molecule has 0 radical (unpaired) electrons.